The van der Waals surface area contributed by atoms with E-state index in [0.717, 1.165) is 11.5 Å². The normalized spacial score (nSPS) is 11.4. The predicted octanol–water partition coefficient (Wildman–Crippen LogP) is 4.02. The first-order chi connectivity index (χ1) is 9.58. The second-order valence-corrected chi connectivity index (χ2v) is 5.55. The predicted molar refractivity (Wildman–Crippen MR) is 77.3 cm³/mol. The van der Waals surface area contributed by atoms with Gasteiger partial charge >= 0.3 is 0 Å². The van der Waals surface area contributed by atoms with E-state index in [4.69, 9.17) is 16.1 Å². The molecule has 0 atom stereocenters. The molecule has 104 valence electrons. The minimum absolute atomic E-state index is 0.241. The summed E-state index contributed by atoms with van der Waals surface area (Å²) in [4.78, 5) is 4.41. The van der Waals surface area contributed by atoms with Crippen molar-refractivity contribution in [2.75, 3.05) is 0 Å². The zero-order chi connectivity index (χ0) is 14.3. The van der Waals surface area contributed by atoms with Crippen LogP contribution in [-0.4, -0.2) is 14.7 Å². The number of fused-ring (bicyclic) bond motifs is 1. The molecule has 0 bridgehead atoms. The first kappa shape index (κ1) is 13.6. The van der Waals surface area contributed by atoms with Gasteiger partial charge in [0.05, 0.1) is 27.9 Å². The highest BCUT2D eigenvalue weighted by Gasteiger charge is 2.14. The van der Waals surface area contributed by atoms with Crippen LogP contribution in [0.3, 0.4) is 0 Å². The molecule has 20 heavy (non-hydrogen) atoms. The van der Waals surface area contributed by atoms with E-state index in [0.29, 0.717) is 27.9 Å². The third-order valence-electron chi connectivity index (χ3n) is 2.99. The maximum Gasteiger partial charge on any atom is 0.139 e. The number of benzene rings is 1. The van der Waals surface area contributed by atoms with E-state index >= 15 is 0 Å². The number of hydrogen-bond donors (Lipinski definition) is 0. The van der Waals surface area contributed by atoms with Gasteiger partial charge in [-0.2, -0.15) is 0 Å². The fraction of sp³-hybridized carbons (Fsp3) is 0.231. The SMILES string of the molecule is Cc1cc(Cn2c(CCl)nc3cc(Br)c(F)cc32)no1. The van der Waals surface area contributed by atoms with Crippen LogP contribution in [-0.2, 0) is 12.4 Å². The molecule has 2 heterocycles. The highest BCUT2D eigenvalue weighted by Crippen LogP contribution is 2.25. The van der Waals surface area contributed by atoms with E-state index in [-0.39, 0.29) is 11.7 Å². The monoisotopic (exact) mass is 357 g/mol. The van der Waals surface area contributed by atoms with Crippen molar-refractivity contribution in [3.63, 3.8) is 0 Å². The fourth-order valence-electron chi connectivity index (χ4n) is 2.10. The molecule has 7 heteroatoms. The van der Waals surface area contributed by atoms with Crippen LogP contribution in [0.15, 0.2) is 27.2 Å². The summed E-state index contributed by atoms with van der Waals surface area (Å²) in [5.41, 5.74) is 2.12. The highest BCUT2D eigenvalue weighted by atomic mass is 79.9. The Morgan fingerprint density at radius 3 is 2.85 bits per heavy atom. The van der Waals surface area contributed by atoms with Crippen LogP contribution in [0.1, 0.15) is 17.3 Å². The van der Waals surface area contributed by atoms with E-state index < -0.39 is 0 Å². The lowest BCUT2D eigenvalue weighted by atomic mass is 10.3. The number of rotatable bonds is 3. The molecule has 1 aromatic carbocycles. The van der Waals surface area contributed by atoms with Gasteiger partial charge in [-0.1, -0.05) is 5.16 Å². The van der Waals surface area contributed by atoms with Crippen LogP contribution in [0.4, 0.5) is 4.39 Å². The van der Waals surface area contributed by atoms with Gasteiger partial charge in [0.1, 0.15) is 23.1 Å². The van der Waals surface area contributed by atoms with Gasteiger partial charge in [-0.05, 0) is 28.9 Å². The molecule has 0 N–H and O–H groups in total. The molecule has 2 aromatic heterocycles. The van der Waals surface area contributed by atoms with Gasteiger partial charge in [0.15, 0.2) is 0 Å². The van der Waals surface area contributed by atoms with Crippen molar-refractivity contribution in [1.82, 2.24) is 14.7 Å². The summed E-state index contributed by atoms with van der Waals surface area (Å²) < 4.78 is 21.0. The minimum atomic E-state index is -0.337. The Hall–Kier alpha value is -1.40. The lowest BCUT2D eigenvalue weighted by Crippen LogP contribution is -2.04. The molecule has 0 unspecified atom stereocenters. The molecule has 0 amide bonds. The number of hydrogen-bond acceptors (Lipinski definition) is 3. The number of halogens is 3. The lowest BCUT2D eigenvalue weighted by Gasteiger charge is -2.05. The molecule has 0 spiro atoms. The molecule has 0 aliphatic carbocycles. The quantitative estimate of drug-likeness (QED) is 0.664. The molecule has 0 radical (unpaired) electrons. The van der Waals surface area contributed by atoms with Gasteiger partial charge in [-0.25, -0.2) is 9.37 Å². The van der Waals surface area contributed by atoms with Crippen molar-refractivity contribution in [2.24, 2.45) is 0 Å². The molecular weight excluding hydrogens is 349 g/mol. The van der Waals surface area contributed by atoms with Crippen LogP contribution < -0.4 is 0 Å². The van der Waals surface area contributed by atoms with E-state index in [1.807, 2.05) is 17.6 Å². The summed E-state index contributed by atoms with van der Waals surface area (Å²) >= 11 is 9.08. The molecule has 0 aliphatic rings. The summed E-state index contributed by atoms with van der Waals surface area (Å²) in [7, 11) is 0. The first-order valence-corrected chi connectivity index (χ1v) is 7.23. The van der Waals surface area contributed by atoms with Crippen LogP contribution in [0, 0.1) is 12.7 Å². The number of imidazole rings is 1. The van der Waals surface area contributed by atoms with E-state index in [1.54, 1.807) is 6.07 Å². The maximum atomic E-state index is 13.7. The van der Waals surface area contributed by atoms with Gasteiger partial charge in [0.25, 0.3) is 0 Å². The van der Waals surface area contributed by atoms with Crippen LogP contribution in [0.2, 0.25) is 0 Å². The van der Waals surface area contributed by atoms with Crippen molar-refractivity contribution in [3.8, 4) is 0 Å². The average Bonchev–Trinajstić information content (AvgIpc) is 2.96. The van der Waals surface area contributed by atoms with Crippen molar-refractivity contribution in [2.45, 2.75) is 19.3 Å². The summed E-state index contributed by atoms with van der Waals surface area (Å²) in [5, 5.41) is 3.94. The van der Waals surface area contributed by atoms with Crippen molar-refractivity contribution in [3.05, 3.63) is 45.8 Å². The molecule has 0 fully saturated rings. The summed E-state index contributed by atoms with van der Waals surface area (Å²) in [6, 6.07) is 4.92. The number of aromatic nitrogens is 3. The fourth-order valence-corrected chi connectivity index (χ4v) is 2.64. The Labute approximate surface area is 127 Å². The third kappa shape index (κ3) is 2.33. The van der Waals surface area contributed by atoms with Gasteiger partial charge in [-0.3, -0.25) is 0 Å². The number of alkyl halides is 1. The van der Waals surface area contributed by atoms with E-state index in [2.05, 4.69) is 26.1 Å². The molecule has 0 aliphatic heterocycles. The third-order valence-corrected chi connectivity index (χ3v) is 3.83. The largest absolute Gasteiger partial charge is 0.361 e. The maximum absolute atomic E-state index is 13.7. The zero-order valence-electron chi connectivity index (χ0n) is 10.5. The molecule has 0 saturated heterocycles. The minimum Gasteiger partial charge on any atom is -0.361 e. The van der Waals surface area contributed by atoms with Crippen LogP contribution in [0.5, 0.6) is 0 Å². The molecule has 4 nitrogen and oxygen atoms in total. The Kier molecular flexibility index (Phi) is 3.52. The second-order valence-electron chi connectivity index (χ2n) is 4.43. The smallest absolute Gasteiger partial charge is 0.139 e. The molecule has 3 rings (SSSR count). The zero-order valence-corrected chi connectivity index (χ0v) is 12.9. The average molecular weight is 359 g/mol. The van der Waals surface area contributed by atoms with Gasteiger partial charge in [0.2, 0.25) is 0 Å². The Morgan fingerprint density at radius 2 is 2.20 bits per heavy atom. The number of aryl methyl sites for hydroxylation is 1. The highest BCUT2D eigenvalue weighted by molar-refractivity contribution is 9.10. The molecule has 3 aromatic rings. The second kappa shape index (κ2) is 5.18. The first-order valence-electron chi connectivity index (χ1n) is 5.91. The Bertz CT molecular complexity index is 783. The number of nitrogens with zero attached hydrogens (tertiary/aromatic N) is 3. The van der Waals surface area contributed by atoms with Crippen LogP contribution in [0.25, 0.3) is 11.0 Å². The lowest BCUT2D eigenvalue weighted by molar-refractivity contribution is 0.389. The summed E-state index contributed by atoms with van der Waals surface area (Å²) in [6.07, 6.45) is 0. The van der Waals surface area contributed by atoms with Crippen molar-refractivity contribution in [1.29, 1.82) is 0 Å². The Morgan fingerprint density at radius 1 is 1.40 bits per heavy atom. The van der Waals surface area contributed by atoms with E-state index in [1.165, 1.54) is 6.07 Å². The summed E-state index contributed by atoms with van der Waals surface area (Å²) in [5.74, 6) is 1.30. The molecule has 0 saturated carbocycles. The Balaban J connectivity index is 2.14. The standard InChI is InChI=1S/C13H10BrClFN3O/c1-7-2-8(18-20-7)6-19-12-4-10(16)9(14)3-11(12)17-13(19)5-15/h2-4H,5-6H2,1H3. The van der Waals surface area contributed by atoms with Crippen molar-refractivity contribution >= 4 is 38.6 Å². The van der Waals surface area contributed by atoms with E-state index in [9.17, 15) is 4.39 Å². The van der Waals surface area contributed by atoms with Crippen molar-refractivity contribution < 1.29 is 8.91 Å². The van der Waals surface area contributed by atoms with Gasteiger partial charge < -0.3 is 9.09 Å². The van der Waals surface area contributed by atoms with Gasteiger partial charge in [0, 0.05) is 12.1 Å². The van der Waals surface area contributed by atoms with Gasteiger partial charge in [-0.15, -0.1) is 11.6 Å². The van der Waals surface area contributed by atoms with Crippen LogP contribution >= 0.6 is 27.5 Å². The molecular formula is C13H10BrClFN3O. The topological polar surface area (TPSA) is 43.9 Å². The summed E-state index contributed by atoms with van der Waals surface area (Å²) in [6.45, 7) is 2.26.